The molecule has 0 bridgehead atoms. The van der Waals surface area contributed by atoms with E-state index >= 15 is 0 Å². The molecular weight excluding hydrogens is 436 g/mol. The van der Waals surface area contributed by atoms with Crippen LogP contribution < -0.4 is 0 Å². The van der Waals surface area contributed by atoms with E-state index in [1.54, 1.807) is 0 Å². The zero-order chi connectivity index (χ0) is 19.5. The van der Waals surface area contributed by atoms with Crippen LogP contribution in [-0.2, 0) is 5.75 Å². The number of halogens is 1. The minimum Gasteiger partial charge on any atom is -0.338 e. The van der Waals surface area contributed by atoms with Gasteiger partial charge in [0.2, 0.25) is 11.7 Å². The van der Waals surface area contributed by atoms with Gasteiger partial charge in [0.25, 0.3) is 0 Å². The second-order valence-corrected chi connectivity index (χ2v) is 8.28. The fourth-order valence-electron chi connectivity index (χ4n) is 2.65. The molecule has 0 atom stereocenters. The van der Waals surface area contributed by atoms with E-state index in [0.29, 0.717) is 17.5 Å². The number of aromatic nitrogens is 4. The van der Waals surface area contributed by atoms with Gasteiger partial charge in [0, 0.05) is 15.6 Å². The molecule has 0 spiro atoms. The molecule has 0 N–H and O–H groups in total. The smallest absolute Gasteiger partial charge is 0.237 e. The molecule has 0 amide bonds. The molecule has 0 aliphatic carbocycles. The Morgan fingerprint density at radius 3 is 2.57 bits per heavy atom. The topological polar surface area (TPSA) is 64.7 Å². The average Bonchev–Trinajstić information content (AvgIpc) is 3.18. The molecule has 140 valence electrons. The van der Waals surface area contributed by atoms with Crippen molar-refractivity contribution in [3.63, 3.8) is 0 Å². The molecule has 2 aromatic carbocycles. The van der Waals surface area contributed by atoms with Crippen molar-refractivity contribution in [1.29, 1.82) is 0 Å². The fourth-order valence-corrected chi connectivity index (χ4v) is 3.70. The van der Waals surface area contributed by atoms with Gasteiger partial charge in [-0.05, 0) is 55.3 Å². The van der Waals surface area contributed by atoms with Gasteiger partial charge in [0.15, 0.2) is 0 Å². The second kappa shape index (κ2) is 8.24. The Balaban J connectivity index is 1.42. The number of hydrogen-bond acceptors (Lipinski definition) is 6. The predicted octanol–water partition coefficient (Wildman–Crippen LogP) is 5.87. The van der Waals surface area contributed by atoms with Crippen LogP contribution in [0.15, 0.2) is 68.6 Å². The quantitative estimate of drug-likeness (QED) is 0.353. The third-order valence-corrected chi connectivity index (χ3v) is 5.74. The van der Waals surface area contributed by atoms with Gasteiger partial charge < -0.3 is 4.52 Å². The van der Waals surface area contributed by atoms with Gasteiger partial charge in [0.1, 0.15) is 5.03 Å². The molecule has 0 saturated heterocycles. The van der Waals surface area contributed by atoms with Crippen molar-refractivity contribution in [2.45, 2.75) is 24.6 Å². The molecule has 5 nitrogen and oxygen atoms in total. The van der Waals surface area contributed by atoms with E-state index in [1.807, 2.05) is 36.4 Å². The molecule has 2 aromatic heterocycles. The Morgan fingerprint density at radius 2 is 1.82 bits per heavy atom. The monoisotopic (exact) mass is 452 g/mol. The maximum Gasteiger partial charge on any atom is 0.237 e. The van der Waals surface area contributed by atoms with E-state index in [0.717, 1.165) is 26.3 Å². The molecule has 2 heterocycles. The van der Waals surface area contributed by atoms with Crippen molar-refractivity contribution < 1.29 is 4.52 Å². The van der Waals surface area contributed by atoms with Gasteiger partial charge in [0.05, 0.1) is 11.4 Å². The number of rotatable bonds is 5. The van der Waals surface area contributed by atoms with E-state index < -0.39 is 0 Å². The highest BCUT2D eigenvalue weighted by atomic mass is 79.9. The summed E-state index contributed by atoms with van der Waals surface area (Å²) in [6, 6.07) is 18.1. The Labute approximate surface area is 175 Å². The molecule has 4 aromatic rings. The van der Waals surface area contributed by atoms with Crippen LogP contribution in [0.5, 0.6) is 0 Å². The maximum atomic E-state index is 5.35. The van der Waals surface area contributed by atoms with Gasteiger partial charge in [-0.25, -0.2) is 0 Å². The van der Waals surface area contributed by atoms with Crippen molar-refractivity contribution in [2.24, 2.45) is 0 Å². The van der Waals surface area contributed by atoms with Crippen molar-refractivity contribution >= 4 is 27.7 Å². The van der Waals surface area contributed by atoms with Crippen LogP contribution in [0.1, 0.15) is 17.0 Å². The summed E-state index contributed by atoms with van der Waals surface area (Å²) in [4.78, 5) is 4.45. The van der Waals surface area contributed by atoms with Crippen molar-refractivity contribution in [2.75, 3.05) is 0 Å². The first-order valence-electron chi connectivity index (χ1n) is 8.71. The largest absolute Gasteiger partial charge is 0.338 e. The zero-order valence-corrected chi connectivity index (χ0v) is 17.8. The zero-order valence-electron chi connectivity index (χ0n) is 15.4. The summed E-state index contributed by atoms with van der Waals surface area (Å²) in [6.45, 7) is 4.20. The Morgan fingerprint density at radius 1 is 0.929 bits per heavy atom. The minimum absolute atomic E-state index is 0.540. The normalized spacial score (nSPS) is 11.0. The number of aryl methyl sites for hydroxylation is 2. The average molecular weight is 453 g/mol. The lowest BCUT2D eigenvalue weighted by atomic mass is 10.0. The third-order valence-electron chi connectivity index (χ3n) is 4.34. The number of thioether (sulfide) groups is 1. The highest BCUT2D eigenvalue weighted by Crippen LogP contribution is 2.25. The summed E-state index contributed by atoms with van der Waals surface area (Å²) < 4.78 is 6.33. The van der Waals surface area contributed by atoms with Crippen LogP contribution in [0, 0.1) is 13.8 Å². The number of hydrogen-bond donors (Lipinski definition) is 0. The molecule has 0 fully saturated rings. The lowest BCUT2D eigenvalue weighted by molar-refractivity contribution is 0.391. The molecule has 0 unspecified atom stereocenters. The molecule has 0 aliphatic heterocycles. The number of nitrogens with zero attached hydrogens (tertiary/aromatic N) is 4. The van der Waals surface area contributed by atoms with E-state index in [-0.39, 0.29) is 0 Å². The molecular formula is C21H17BrN4OS. The summed E-state index contributed by atoms with van der Waals surface area (Å²) in [7, 11) is 0. The molecule has 28 heavy (non-hydrogen) atoms. The van der Waals surface area contributed by atoms with Crippen molar-refractivity contribution in [1.82, 2.24) is 20.3 Å². The van der Waals surface area contributed by atoms with E-state index in [9.17, 15) is 0 Å². The van der Waals surface area contributed by atoms with Gasteiger partial charge in [-0.2, -0.15) is 4.98 Å². The lowest BCUT2D eigenvalue weighted by Crippen LogP contribution is -1.91. The van der Waals surface area contributed by atoms with Crippen LogP contribution in [0.3, 0.4) is 0 Å². The summed E-state index contributed by atoms with van der Waals surface area (Å²) in [6.07, 6.45) is 0. The first kappa shape index (κ1) is 18.8. The Hall–Kier alpha value is -2.51. The van der Waals surface area contributed by atoms with Crippen molar-refractivity contribution in [3.05, 3.63) is 76.1 Å². The van der Waals surface area contributed by atoms with E-state index in [1.165, 1.54) is 22.9 Å². The SMILES string of the molecule is Cc1ccc(-c2ccc(SCc3nc(-c4cccc(Br)c4)no3)nn2)cc1C. The van der Waals surface area contributed by atoms with E-state index in [2.05, 4.69) is 68.3 Å². The predicted molar refractivity (Wildman–Crippen MR) is 114 cm³/mol. The summed E-state index contributed by atoms with van der Waals surface area (Å²) in [5, 5.41) is 13.5. The Kier molecular flexibility index (Phi) is 5.54. The van der Waals surface area contributed by atoms with Crippen LogP contribution in [0.25, 0.3) is 22.6 Å². The third kappa shape index (κ3) is 4.31. The van der Waals surface area contributed by atoms with Crippen LogP contribution in [0.4, 0.5) is 0 Å². The molecule has 0 aliphatic rings. The standard InChI is InChI=1S/C21H17BrN4OS/c1-13-6-7-15(10-14(13)2)18-8-9-20(25-24-18)28-12-19-23-21(26-27-19)16-4-3-5-17(22)11-16/h3-11H,12H2,1-2H3. The summed E-state index contributed by atoms with van der Waals surface area (Å²) in [5.41, 5.74) is 5.36. The van der Waals surface area contributed by atoms with Gasteiger partial charge >= 0.3 is 0 Å². The first-order chi connectivity index (χ1) is 13.6. The minimum atomic E-state index is 0.540. The summed E-state index contributed by atoms with van der Waals surface area (Å²) >= 11 is 4.97. The van der Waals surface area contributed by atoms with Crippen LogP contribution in [0.2, 0.25) is 0 Å². The van der Waals surface area contributed by atoms with Gasteiger partial charge in [-0.15, -0.1) is 10.2 Å². The highest BCUT2D eigenvalue weighted by Gasteiger charge is 2.10. The van der Waals surface area contributed by atoms with Gasteiger partial charge in [-0.1, -0.05) is 57.1 Å². The fraction of sp³-hybridized carbons (Fsp3) is 0.143. The van der Waals surface area contributed by atoms with E-state index in [4.69, 9.17) is 4.52 Å². The number of benzene rings is 2. The lowest BCUT2D eigenvalue weighted by Gasteiger charge is -2.05. The molecule has 0 saturated carbocycles. The molecule has 4 rings (SSSR count). The highest BCUT2D eigenvalue weighted by molar-refractivity contribution is 9.10. The Bertz CT molecular complexity index is 1110. The maximum absolute atomic E-state index is 5.35. The van der Waals surface area contributed by atoms with Crippen LogP contribution in [-0.4, -0.2) is 20.3 Å². The second-order valence-electron chi connectivity index (χ2n) is 6.37. The first-order valence-corrected chi connectivity index (χ1v) is 10.5. The van der Waals surface area contributed by atoms with Gasteiger partial charge in [-0.3, -0.25) is 0 Å². The van der Waals surface area contributed by atoms with Crippen LogP contribution >= 0.6 is 27.7 Å². The molecule has 7 heteroatoms. The van der Waals surface area contributed by atoms with Crippen molar-refractivity contribution in [3.8, 4) is 22.6 Å². The molecule has 0 radical (unpaired) electrons. The summed E-state index contributed by atoms with van der Waals surface area (Å²) in [5.74, 6) is 1.67.